The lowest BCUT2D eigenvalue weighted by Gasteiger charge is -2.36. The van der Waals surface area contributed by atoms with Gasteiger partial charge in [0.25, 0.3) is 0 Å². The zero-order chi connectivity index (χ0) is 39.4. The van der Waals surface area contributed by atoms with E-state index < -0.39 is 0 Å². The van der Waals surface area contributed by atoms with Crippen molar-refractivity contribution >= 4 is 49.6 Å². The van der Waals surface area contributed by atoms with E-state index in [1.165, 1.54) is 126 Å². The standard InChI is InChI=1S/C57H41N3/c1-3-15-43(16-4-1)59(44-17-9-14-40(35-44)41-23-22-37-12-5-6-13-39(37)34-41)52-21-11-19-46-47-25-26-50-54-53-45(18-10-20-49(53)57(50)30-7-2-8-31-57)48-36-42(38-28-32-58-33-29-38)24-27-51(48)60(55(46)52)56(47)54/h1,3-6,9-29,32-36H,2,7-8,30-31H2. The first kappa shape index (κ1) is 33.7. The van der Waals surface area contributed by atoms with Crippen molar-refractivity contribution in [2.24, 2.45) is 0 Å². The predicted octanol–water partition coefficient (Wildman–Crippen LogP) is 15.3. The number of anilines is 3. The highest BCUT2D eigenvalue weighted by molar-refractivity contribution is 6.21. The van der Waals surface area contributed by atoms with Crippen LogP contribution in [0.25, 0.3) is 82.8 Å². The average Bonchev–Trinajstić information content (AvgIpc) is 3.75. The second kappa shape index (κ2) is 12.9. The number of rotatable bonds is 5. The van der Waals surface area contributed by atoms with Gasteiger partial charge in [0.15, 0.2) is 0 Å². The Morgan fingerprint density at radius 1 is 0.450 bits per heavy atom. The third-order valence-electron chi connectivity index (χ3n) is 14.0. The second-order valence-electron chi connectivity index (χ2n) is 17.0. The summed E-state index contributed by atoms with van der Waals surface area (Å²) in [7, 11) is 0. The van der Waals surface area contributed by atoms with Crippen LogP contribution in [0, 0.1) is 0 Å². The minimum absolute atomic E-state index is 0.0384. The third-order valence-corrected chi connectivity index (χ3v) is 14.0. The molecular formula is C57H41N3. The normalized spacial score (nSPS) is 14.5. The van der Waals surface area contributed by atoms with Gasteiger partial charge in [-0.3, -0.25) is 4.98 Å². The predicted molar refractivity (Wildman–Crippen MR) is 250 cm³/mol. The monoisotopic (exact) mass is 767 g/mol. The van der Waals surface area contributed by atoms with E-state index in [0.29, 0.717) is 0 Å². The Kier molecular flexibility index (Phi) is 7.24. The van der Waals surface area contributed by atoms with Crippen molar-refractivity contribution in [3.8, 4) is 50.2 Å². The Labute approximate surface area is 349 Å². The smallest absolute Gasteiger partial charge is 0.0782 e. The summed E-state index contributed by atoms with van der Waals surface area (Å²) in [6.45, 7) is 0. The Balaban J connectivity index is 1.13. The van der Waals surface area contributed by atoms with Crippen LogP contribution < -0.4 is 4.90 Å². The van der Waals surface area contributed by atoms with Crippen LogP contribution in [-0.2, 0) is 5.41 Å². The Bertz CT molecular complexity index is 3350. The number of pyridine rings is 1. The third kappa shape index (κ3) is 4.75. The highest BCUT2D eigenvalue weighted by Gasteiger charge is 2.47. The van der Waals surface area contributed by atoms with Crippen LogP contribution in [0.4, 0.5) is 17.1 Å². The van der Waals surface area contributed by atoms with Crippen LogP contribution in [0.3, 0.4) is 0 Å². The number of aromatic nitrogens is 2. The van der Waals surface area contributed by atoms with Crippen LogP contribution in [0.5, 0.6) is 0 Å². The zero-order valence-corrected chi connectivity index (χ0v) is 33.3. The molecular weight excluding hydrogens is 727 g/mol. The van der Waals surface area contributed by atoms with Crippen molar-refractivity contribution in [1.29, 1.82) is 0 Å². The van der Waals surface area contributed by atoms with Crippen LogP contribution in [-0.4, -0.2) is 9.55 Å². The lowest BCUT2D eigenvalue weighted by molar-refractivity contribution is 0.353. The van der Waals surface area contributed by atoms with Crippen molar-refractivity contribution < 1.29 is 0 Å². The molecule has 3 nitrogen and oxygen atoms in total. The average molecular weight is 768 g/mol. The van der Waals surface area contributed by atoms with Crippen molar-refractivity contribution in [1.82, 2.24) is 9.55 Å². The molecule has 3 heteroatoms. The molecule has 10 aromatic rings. The first-order chi connectivity index (χ1) is 29.7. The number of hydrogen-bond acceptors (Lipinski definition) is 2. The molecule has 284 valence electrons. The maximum absolute atomic E-state index is 4.36. The largest absolute Gasteiger partial charge is 0.308 e. The quantitative estimate of drug-likeness (QED) is 0.174. The van der Waals surface area contributed by atoms with Gasteiger partial charge in [-0.1, -0.05) is 135 Å². The zero-order valence-electron chi connectivity index (χ0n) is 33.3. The maximum atomic E-state index is 4.36. The Morgan fingerprint density at radius 3 is 2.05 bits per heavy atom. The number of benzene rings is 8. The lowest BCUT2D eigenvalue weighted by atomic mass is 9.67. The van der Waals surface area contributed by atoms with Gasteiger partial charge < -0.3 is 9.47 Å². The molecule has 2 aliphatic carbocycles. The van der Waals surface area contributed by atoms with Gasteiger partial charge in [-0.05, 0) is 129 Å². The summed E-state index contributed by atoms with van der Waals surface area (Å²) in [5, 5.41) is 5.08. The van der Waals surface area contributed by atoms with Gasteiger partial charge in [0.2, 0.25) is 0 Å². The van der Waals surface area contributed by atoms with Crippen LogP contribution in [0.2, 0.25) is 0 Å². The molecule has 60 heavy (non-hydrogen) atoms. The van der Waals surface area contributed by atoms with E-state index in [9.17, 15) is 0 Å². The van der Waals surface area contributed by atoms with Crippen LogP contribution in [0.1, 0.15) is 43.2 Å². The fourth-order valence-corrected chi connectivity index (χ4v) is 11.4. The molecule has 2 aromatic heterocycles. The summed E-state index contributed by atoms with van der Waals surface area (Å²) >= 11 is 0. The molecule has 8 aromatic carbocycles. The van der Waals surface area contributed by atoms with Crippen LogP contribution in [0.15, 0.2) is 188 Å². The van der Waals surface area contributed by atoms with E-state index in [2.05, 4.69) is 190 Å². The fourth-order valence-electron chi connectivity index (χ4n) is 11.4. The van der Waals surface area contributed by atoms with E-state index in [1.54, 1.807) is 0 Å². The first-order valence-electron chi connectivity index (χ1n) is 21.5. The van der Waals surface area contributed by atoms with Gasteiger partial charge in [-0.15, -0.1) is 0 Å². The number of fused-ring (bicyclic) bond motifs is 9. The van der Waals surface area contributed by atoms with E-state index in [-0.39, 0.29) is 5.41 Å². The highest BCUT2D eigenvalue weighted by Crippen LogP contribution is 2.62. The van der Waals surface area contributed by atoms with Crippen molar-refractivity contribution in [2.45, 2.75) is 37.5 Å². The molecule has 1 spiro atoms. The molecule has 0 amide bonds. The molecule has 3 aliphatic rings. The fraction of sp³-hybridized carbons (Fsp3) is 0.105. The minimum atomic E-state index is 0.0384. The summed E-state index contributed by atoms with van der Waals surface area (Å²) in [5.74, 6) is 0. The summed E-state index contributed by atoms with van der Waals surface area (Å²) < 4.78 is 2.65. The second-order valence-corrected chi connectivity index (χ2v) is 17.0. The Hall–Kier alpha value is -7.23. The molecule has 0 unspecified atom stereocenters. The molecule has 1 aliphatic heterocycles. The van der Waals surface area contributed by atoms with E-state index >= 15 is 0 Å². The van der Waals surface area contributed by atoms with Gasteiger partial charge in [-0.25, -0.2) is 0 Å². The number of nitrogens with zero attached hydrogens (tertiary/aromatic N) is 3. The number of para-hydroxylation sites is 2. The SMILES string of the molecule is c1ccc(N(c2cccc(-c3ccc4ccccc4c3)c2)c2cccc3c4ccc5c6c4n(c23)-c2ccc(-c3ccncc3)cc2-c2cccc(c2-6)C52CCCCC2)cc1. The maximum Gasteiger partial charge on any atom is 0.0782 e. The van der Waals surface area contributed by atoms with Gasteiger partial charge in [0.05, 0.1) is 22.4 Å². The topological polar surface area (TPSA) is 21.1 Å². The summed E-state index contributed by atoms with van der Waals surface area (Å²) in [6, 6.07) is 65.9. The molecule has 0 atom stereocenters. The van der Waals surface area contributed by atoms with Gasteiger partial charge in [0.1, 0.15) is 0 Å². The van der Waals surface area contributed by atoms with Crippen molar-refractivity contribution in [2.75, 3.05) is 4.90 Å². The molecule has 3 heterocycles. The van der Waals surface area contributed by atoms with Crippen LogP contribution >= 0.6 is 0 Å². The lowest BCUT2D eigenvalue weighted by Crippen LogP contribution is -2.28. The van der Waals surface area contributed by atoms with E-state index in [4.69, 9.17) is 0 Å². The molecule has 0 bridgehead atoms. The molecule has 1 saturated carbocycles. The van der Waals surface area contributed by atoms with Gasteiger partial charge >= 0.3 is 0 Å². The van der Waals surface area contributed by atoms with E-state index in [1.807, 2.05) is 12.4 Å². The highest BCUT2D eigenvalue weighted by atomic mass is 15.2. The molecule has 0 radical (unpaired) electrons. The first-order valence-corrected chi connectivity index (χ1v) is 21.5. The van der Waals surface area contributed by atoms with Crippen molar-refractivity contribution in [3.05, 3.63) is 199 Å². The summed E-state index contributed by atoms with van der Waals surface area (Å²) in [5.41, 5.74) is 20.5. The molecule has 0 N–H and O–H groups in total. The molecule has 0 saturated heterocycles. The van der Waals surface area contributed by atoms with E-state index in [0.717, 1.165) is 17.1 Å². The van der Waals surface area contributed by atoms with Gasteiger partial charge in [-0.2, -0.15) is 0 Å². The summed E-state index contributed by atoms with van der Waals surface area (Å²) in [4.78, 5) is 6.84. The minimum Gasteiger partial charge on any atom is -0.308 e. The molecule has 13 rings (SSSR count). The Morgan fingerprint density at radius 2 is 1.17 bits per heavy atom. The summed E-state index contributed by atoms with van der Waals surface area (Å²) in [6.07, 6.45) is 10.0. The molecule has 1 fully saturated rings. The van der Waals surface area contributed by atoms with Gasteiger partial charge in [0, 0.05) is 51.1 Å². The van der Waals surface area contributed by atoms with Crippen molar-refractivity contribution in [3.63, 3.8) is 0 Å². The number of hydrogen-bond donors (Lipinski definition) is 0.